The standard InChI is InChI=1S/C19H14N4O4S/c1-11-3-2-6-23-16(24)8-13(20-17(11)23)9-28-19-22-21-18(27-19)12-4-5-14-15(7-12)26-10-25-14/h2-8H,9-10H2,1H3. The van der Waals surface area contributed by atoms with E-state index in [-0.39, 0.29) is 12.4 Å². The molecular formula is C19H14N4O4S. The molecule has 0 atom stereocenters. The fraction of sp³-hybridized carbons (Fsp3) is 0.158. The summed E-state index contributed by atoms with van der Waals surface area (Å²) in [5.41, 5.74) is 2.89. The Hall–Kier alpha value is -3.33. The SMILES string of the molecule is Cc1cccn2c(=O)cc(CSc3nnc(-c4ccc5c(c4)OCO5)o3)nc12. The number of aromatic nitrogens is 4. The summed E-state index contributed by atoms with van der Waals surface area (Å²) in [6.45, 7) is 2.14. The summed E-state index contributed by atoms with van der Waals surface area (Å²) in [7, 11) is 0. The molecular weight excluding hydrogens is 380 g/mol. The number of rotatable bonds is 4. The first-order valence-electron chi connectivity index (χ1n) is 8.51. The van der Waals surface area contributed by atoms with E-state index in [0.29, 0.717) is 39.7 Å². The van der Waals surface area contributed by atoms with Crippen LogP contribution < -0.4 is 15.0 Å². The molecule has 0 saturated heterocycles. The summed E-state index contributed by atoms with van der Waals surface area (Å²) in [5, 5.41) is 8.55. The van der Waals surface area contributed by atoms with Crippen LogP contribution in [0.15, 0.2) is 57.0 Å². The highest BCUT2D eigenvalue weighted by Crippen LogP contribution is 2.36. The molecule has 8 nitrogen and oxygen atoms in total. The predicted octanol–water partition coefficient (Wildman–Crippen LogP) is 3.07. The summed E-state index contributed by atoms with van der Waals surface area (Å²) in [5.74, 6) is 2.19. The van der Waals surface area contributed by atoms with E-state index in [9.17, 15) is 4.79 Å². The molecule has 0 radical (unpaired) electrons. The van der Waals surface area contributed by atoms with Gasteiger partial charge in [-0.2, -0.15) is 0 Å². The fourth-order valence-electron chi connectivity index (χ4n) is 2.93. The maximum absolute atomic E-state index is 12.3. The molecule has 4 heterocycles. The zero-order valence-electron chi connectivity index (χ0n) is 14.8. The normalized spacial score (nSPS) is 12.6. The van der Waals surface area contributed by atoms with E-state index >= 15 is 0 Å². The van der Waals surface area contributed by atoms with Crippen LogP contribution in [0.2, 0.25) is 0 Å². The molecule has 5 rings (SSSR count). The molecule has 4 aromatic rings. The van der Waals surface area contributed by atoms with E-state index < -0.39 is 0 Å². The Kier molecular flexibility index (Phi) is 4.01. The van der Waals surface area contributed by atoms with Crippen molar-refractivity contribution < 1.29 is 13.9 Å². The van der Waals surface area contributed by atoms with Crippen molar-refractivity contribution in [3.05, 3.63) is 64.2 Å². The number of thioether (sulfide) groups is 1. The Bertz CT molecular complexity index is 1250. The number of nitrogens with zero attached hydrogens (tertiary/aromatic N) is 4. The quantitative estimate of drug-likeness (QED) is 0.488. The number of ether oxygens (including phenoxy) is 2. The molecule has 0 spiro atoms. The largest absolute Gasteiger partial charge is 0.454 e. The van der Waals surface area contributed by atoms with Crippen molar-refractivity contribution in [1.82, 2.24) is 19.6 Å². The van der Waals surface area contributed by atoms with Gasteiger partial charge in [0.15, 0.2) is 11.5 Å². The molecule has 0 saturated carbocycles. The van der Waals surface area contributed by atoms with Gasteiger partial charge in [0.05, 0.1) is 5.69 Å². The van der Waals surface area contributed by atoms with E-state index in [4.69, 9.17) is 13.9 Å². The zero-order valence-corrected chi connectivity index (χ0v) is 15.6. The van der Waals surface area contributed by atoms with E-state index in [2.05, 4.69) is 15.2 Å². The molecule has 140 valence electrons. The molecule has 0 amide bonds. The second kappa shape index (κ2) is 6.68. The van der Waals surface area contributed by atoms with Crippen LogP contribution in [0.5, 0.6) is 11.5 Å². The minimum atomic E-state index is -0.115. The lowest BCUT2D eigenvalue weighted by Crippen LogP contribution is -2.15. The van der Waals surface area contributed by atoms with Gasteiger partial charge in [0, 0.05) is 23.6 Å². The number of fused-ring (bicyclic) bond motifs is 2. The number of hydrogen-bond acceptors (Lipinski definition) is 8. The van der Waals surface area contributed by atoms with Crippen molar-refractivity contribution in [3.63, 3.8) is 0 Å². The second-order valence-electron chi connectivity index (χ2n) is 6.20. The van der Waals surface area contributed by atoms with Gasteiger partial charge >= 0.3 is 0 Å². The molecule has 0 bridgehead atoms. The molecule has 28 heavy (non-hydrogen) atoms. The molecule has 0 unspecified atom stereocenters. The highest BCUT2D eigenvalue weighted by molar-refractivity contribution is 7.98. The highest BCUT2D eigenvalue weighted by Gasteiger charge is 2.17. The smallest absolute Gasteiger partial charge is 0.277 e. The summed E-state index contributed by atoms with van der Waals surface area (Å²) in [6.07, 6.45) is 1.71. The van der Waals surface area contributed by atoms with Crippen LogP contribution in [0.3, 0.4) is 0 Å². The monoisotopic (exact) mass is 394 g/mol. The summed E-state index contributed by atoms with van der Waals surface area (Å²) in [6, 6.07) is 10.7. The number of benzene rings is 1. The Morgan fingerprint density at radius 1 is 1.14 bits per heavy atom. The van der Waals surface area contributed by atoms with E-state index in [1.165, 1.54) is 22.2 Å². The van der Waals surface area contributed by atoms with Crippen molar-refractivity contribution in [1.29, 1.82) is 0 Å². The van der Waals surface area contributed by atoms with Crippen molar-refractivity contribution in [3.8, 4) is 23.0 Å². The van der Waals surface area contributed by atoms with Gasteiger partial charge in [-0.15, -0.1) is 10.2 Å². The average Bonchev–Trinajstić information content (AvgIpc) is 3.36. The lowest BCUT2D eigenvalue weighted by molar-refractivity contribution is 0.174. The number of pyridine rings is 1. The van der Waals surface area contributed by atoms with Crippen LogP contribution in [-0.4, -0.2) is 26.4 Å². The molecule has 0 aliphatic carbocycles. The Morgan fingerprint density at radius 3 is 2.96 bits per heavy atom. The topological polar surface area (TPSA) is 91.8 Å². The third-order valence-electron chi connectivity index (χ3n) is 4.31. The Labute approximate surface area is 163 Å². The molecule has 0 N–H and O–H groups in total. The van der Waals surface area contributed by atoms with Crippen LogP contribution in [0.25, 0.3) is 17.1 Å². The van der Waals surface area contributed by atoms with Crippen LogP contribution in [0, 0.1) is 6.92 Å². The van der Waals surface area contributed by atoms with Gasteiger partial charge in [-0.1, -0.05) is 17.8 Å². The zero-order chi connectivity index (χ0) is 19.1. The minimum Gasteiger partial charge on any atom is -0.454 e. The third-order valence-corrected chi connectivity index (χ3v) is 5.16. The van der Waals surface area contributed by atoms with Gasteiger partial charge < -0.3 is 13.9 Å². The molecule has 1 aliphatic heterocycles. The molecule has 0 fully saturated rings. The van der Waals surface area contributed by atoms with Crippen LogP contribution in [0.1, 0.15) is 11.3 Å². The van der Waals surface area contributed by atoms with E-state index in [1.807, 2.05) is 31.2 Å². The van der Waals surface area contributed by atoms with Gasteiger partial charge in [0.2, 0.25) is 12.7 Å². The van der Waals surface area contributed by atoms with Gasteiger partial charge in [-0.3, -0.25) is 9.20 Å². The summed E-state index contributed by atoms with van der Waals surface area (Å²) < 4.78 is 17.9. The van der Waals surface area contributed by atoms with Crippen molar-refractivity contribution in [2.24, 2.45) is 0 Å². The van der Waals surface area contributed by atoms with Crippen LogP contribution in [-0.2, 0) is 5.75 Å². The van der Waals surface area contributed by atoms with E-state index in [0.717, 1.165) is 11.1 Å². The van der Waals surface area contributed by atoms with Crippen molar-refractivity contribution in [2.45, 2.75) is 17.9 Å². The Morgan fingerprint density at radius 2 is 2.04 bits per heavy atom. The third kappa shape index (κ3) is 2.99. The summed E-state index contributed by atoms with van der Waals surface area (Å²) >= 11 is 1.33. The van der Waals surface area contributed by atoms with E-state index in [1.54, 1.807) is 12.3 Å². The lowest BCUT2D eigenvalue weighted by atomic mass is 10.2. The summed E-state index contributed by atoms with van der Waals surface area (Å²) in [4.78, 5) is 16.9. The maximum atomic E-state index is 12.3. The first-order valence-corrected chi connectivity index (χ1v) is 9.50. The van der Waals surface area contributed by atoms with Crippen LogP contribution >= 0.6 is 11.8 Å². The maximum Gasteiger partial charge on any atom is 0.277 e. The minimum absolute atomic E-state index is 0.115. The second-order valence-corrected chi connectivity index (χ2v) is 7.13. The average molecular weight is 394 g/mol. The van der Waals surface area contributed by atoms with Crippen molar-refractivity contribution >= 4 is 17.4 Å². The van der Waals surface area contributed by atoms with Gasteiger partial charge in [-0.25, -0.2) is 4.98 Å². The van der Waals surface area contributed by atoms with Crippen molar-refractivity contribution in [2.75, 3.05) is 6.79 Å². The van der Waals surface area contributed by atoms with Gasteiger partial charge in [0.1, 0.15) is 5.65 Å². The predicted molar refractivity (Wildman–Crippen MR) is 102 cm³/mol. The lowest BCUT2D eigenvalue weighted by Gasteiger charge is -2.05. The fourth-order valence-corrected chi connectivity index (χ4v) is 3.59. The molecule has 1 aromatic carbocycles. The molecule has 1 aliphatic rings. The number of hydrogen-bond donors (Lipinski definition) is 0. The highest BCUT2D eigenvalue weighted by atomic mass is 32.2. The van der Waals surface area contributed by atoms with Crippen LogP contribution in [0.4, 0.5) is 0 Å². The van der Waals surface area contributed by atoms with Gasteiger partial charge in [-0.05, 0) is 36.8 Å². The first kappa shape index (κ1) is 16.8. The van der Waals surface area contributed by atoms with Gasteiger partial charge in [0.25, 0.3) is 10.8 Å². The number of aryl methyl sites for hydroxylation is 1. The molecule has 3 aromatic heterocycles. The first-order chi connectivity index (χ1) is 13.7. The Balaban J connectivity index is 1.36. The molecule has 9 heteroatoms.